The van der Waals surface area contributed by atoms with Crippen molar-refractivity contribution in [2.75, 3.05) is 7.11 Å². The summed E-state index contributed by atoms with van der Waals surface area (Å²) in [5.41, 5.74) is 0.504. The number of methoxy groups -OCH3 is 1. The van der Waals surface area contributed by atoms with Gasteiger partial charge >= 0.3 is 0 Å². The predicted molar refractivity (Wildman–Crippen MR) is 76.2 cm³/mol. The summed E-state index contributed by atoms with van der Waals surface area (Å²) in [6.07, 6.45) is 0. The highest BCUT2D eigenvalue weighted by Gasteiger charge is 2.13. The van der Waals surface area contributed by atoms with Crippen LogP contribution in [0.4, 0.5) is 5.69 Å². The number of benzene rings is 2. The number of rotatable bonds is 5. The molecule has 0 unspecified atom stereocenters. The number of nitrogens with zero attached hydrogens (tertiary/aromatic N) is 1. The third-order valence-corrected chi connectivity index (χ3v) is 2.85. The fourth-order valence-corrected chi connectivity index (χ4v) is 1.74. The van der Waals surface area contributed by atoms with Gasteiger partial charge in [0.25, 0.3) is 5.69 Å². The molecule has 0 amide bonds. The Hall–Kier alpha value is -2.89. The molecule has 0 aromatic heterocycles. The van der Waals surface area contributed by atoms with Crippen LogP contribution in [-0.2, 0) is 0 Å². The van der Waals surface area contributed by atoms with Crippen LogP contribution in [0.5, 0.6) is 17.2 Å². The van der Waals surface area contributed by atoms with Crippen LogP contribution in [0, 0.1) is 10.1 Å². The number of hydrogen-bond acceptors (Lipinski definition) is 5. The molecule has 0 atom stereocenters. The van der Waals surface area contributed by atoms with E-state index in [0.717, 1.165) is 0 Å². The molecule has 0 aliphatic heterocycles. The van der Waals surface area contributed by atoms with Gasteiger partial charge in [0.15, 0.2) is 17.3 Å². The molecule has 2 aromatic carbocycles. The van der Waals surface area contributed by atoms with Gasteiger partial charge < -0.3 is 9.47 Å². The van der Waals surface area contributed by atoms with Crippen molar-refractivity contribution >= 4 is 11.5 Å². The SMILES string of the molecule is COc1cc([N+](=O)[O-])ccc1Oc1ccc(C(C)=O)cc1. The van der Waals surface area contributed by atoms with Crippen LogP contribution in [0.2, 0.25) is 0 Å². The predicted octanol–water partition coefficient (Wildman–Crippen LogP) is 3.60. The number of hydrogen-bond donors (Lipinski definition) is 0. The number of carbonyl (C=O) groups is 1. The Morgan fingerprint density at radius 3 is 2.29 bits per heavy atom. The van der Waals surface area contributed by atoms with Crippen LogP contribution in [0.15, 0.2) is 42.5 Å². The van der Waals surface area contributed by atoms with E-state index < -0.39 is 4.92 Å². The van der Waals surface area contributed by atoms with Gasteiger partial charge in [-0.25, -0.2) is 0 Å². The minimum Gasteiger partial charge on any atom is -0.493 e. The summed E-state index contributed by atoms with van der Waals surface area (Å²) >= 11 is 0. The molecule has 0 aliphatic carbocycles. The number of ketones is 1. The third kappa shape index (κ3) is 3.36. The molecule has 2 rings (SSSR count). The van der Waals surface area contributed by atoms with E-state index in [9.17, 15) is 14.9 Å². The molecule has 21 heavy (non-hydrogen) atoms. The summed E-state index contributed by atoms with van der Waals surface area (Å²) in [5, 5.41) is 10.7. The molecular weight excluding hydrogens is 274 g/mol. The zero-order valence-corrected chi connectivity index (χ0v) is 11.5. The topological polar surface area (TPSA) is 78.7 Å². The van der Waals surface area contributed by atoms with Crippen molar-refractivity contribution in [3.8, 4) is 17.2 Å². The van der Waals surface area contributed by atoms with Crippen molar-refractivity contribution in [2.24, 2.45) is 0 Å². The average Bonchev–Trinajstić information content (AvgIpc) is 2.48. The van der Waals surface area contributed by atoms with E-state index in [1.54, 1.807) is 24.3 Å². The van der Waals surface area contributed by atoms with Crippen LogP contribution in [0.1, 0.15) is 17.3 Å². The Kier molecular flexibility index (Phi) is 4.18. The van der Waals surface area contributed by atoms with Gasteiger partial charge in [0.05, 0.1) is 18.1 Å². The molecule has 0 N–H and O–H groups in total. The molecule has 6 nitrogen and oxygen atoms in total. The van der Waals surface area contributed by atoms with E-state index in [-0.39, 0.29) is 17.2 Å². The molecule has 0 aliphatic rings. The Labute approximate surface area is 121 Å². The monoisotopic (exact) mass is 287 g/mol. The Balaban J connectivity index is 2.26. The lowest BCUT2D eigenvalue weighted by atomic mass is 10.1. The van der Waals surface area contributed by atoms with E-state index in [2.05, 4.69) is 0 Å². The third-order valence-electron chi connectivity index (χ3n) is 2.85. The van der Waals surface area contributed by atoms with E-state index in [1.165, 1.54) is 32.2 Å². The normalized spacial score (nSPS) is 10.0. The molecule has 0 heterocycles. The van der Waals surface area contributed by atoms with Gasteiger partial charge in [0.2, 0.25) is 0 Å². The van der Waals surface area contributed by atoms with Crippen LogP contribution in [0.3, 0.4) is 0 Å². The summed E-state index contributed by atoms with van der Waals surface area (Å²) in [7, 11) is 1.41. The Morgan fingerprint density at radius 1 is 1.10 bits per heavy atom. The maximum Gasteiger partial charge on any atom is 0.273 e. The molecule has 6 heteroatoms. The Bertz CT molecular complexity index is 679. The highest BCUT2D eigenvalue weighted by atomic mass is 16.6. The lowest BCUT2D eigenvalue weighted by molar-refractivity contribution is -0.384. The molecule has 108 valence electrons. The number of nitro benzene ring substituents is 1. The van der Waals surface area contributed by atoms with Gasteiger partial charge in [-0.3, -0.25) is 14.9 Å². The quantitative estimate of drug-likeness (QED) is 0.477. The lowest BCUT2D eigenvalue weighted by Crippen LogP contribution is -1.94. The van der Waals surface area contributed by atoms with E-state index in [0.29, 0.717) is 17.1 Å². The van der Waals surface area contributed by atoms with Gasteiger partial charge in [-0.2, -0.15) is 0 Å². The Morgan fingerprint density at radius 2 is 1.76 bits per heavy atom. The van der Waals surface area contributed by atoms with Crippen LogP contribution >= 0.6 is 0 Å². The van der Waals surface area contributed by atoms with Crippen molar-refractivity contribution in [3.63, 3.8) is 0 Å². The highest BCUT2D eigenvalue weighted by Crippen LogP contribution is 2.34. The van der Waals surface area contributed by atoms with E-state index in [1.807, 2.05) is 0 Å². The van der Waals surface area contributed by atoms with Crippen molar-refractivity contribution in [2.45, 2.75) is 6.92 Å². The minimum absolute atomic E-state index is 0.0329. The number of nitro groups is 1. The van der Waals surface area contributed by atoms with Gasteiger partial charge in [-0.1, -0.05) is 0 Å². The number of non-ortho nitro benzene ring substituents is 1. The first-order valence-corrected chi connectivity index (χ1v) is 6.12. The maximum absolute atomic E-state index is 11.2. The second-order valence-electron chi connectivity index (χ2n) is 4.27. The van der Waals surface area contributed by atoms with Crippen molar-refractivity contribution in [1.82, 2.24) is 0 Å². The van der Waals surface area contributed by atoms with E-state index in [4.69, 9.17) is 9.47 Å². The molecule has 2 aromatic rings. The first-order valence-electron chi connectivity index (χ1n) is 6.12. The minimum atomic E-state index is -0.506. The number of ether oxygens (including phenoxy) is 2. The summed E-state index contributed by atoms with van der Waals surface area (Å²) < 4.78 is 10.7. The van der Waals surface area contributed by atoms with Crippen molar-refractivity contribution in [3.05, 3.63) is 58.1 Å². The zero-order chi connectivity index (χ0) is 15.4. The summed E-state index contributed by atoms with van der Waals surface area (Å²) in [5.74, 6) is 1.10. The van der Waals surface area contributed by atoms with Crippen LogP contribution < -0.4 is 9.47 Å². The molecule has 0 radical (unpaired) electrons. The van der Waals surface area contributed by atoms with Crippen LogP contribution in [-0.4, -0.2) is 17.8 Å². The van der Waals surface area contributed by atoms with Gasteiger partial charge in [-0.05, 0) is 37.3 Å². The highest BCUT2D eigenvalue weighted by molar-refractivity contribution is 5.94. The maximum atomic E-state index is 11.2. The second-order valence-corrected chi connectivity index (χ2v) is 4.27. The fourth-order valence-electron chi connectivity index (χ4n) is 1.74. The molecule has 0 bridgehead atoms. The van der Waals surface area contributed by atoms with Gasteiger partial charge in [0, 0.05) is 11.6 Å². The average molecular weight is 287 g/mol. The fraction of sp³-hybridized carbons (Fsp3) is 0.133. The number of Topliss-reactive ketones (excluding diaryl/α,β-unsaturated/α-hetero) is 1. The summed E-state index contributed by atoms with van der Waals surface area (Å²) in [4.78, 5) is 21.4. The molecule has 0 saturated heterocycles. The second kappa shape index (κ2) is 6.04. The largest absolute Gasteiger partial charge is 0.493 e. The van der Waals surface area contributed by atoms with Crippen LogP contribution in [0.25, 0.3) is 0 Å². The van der Waals surface area contributed by atoms with Gasteiger partial charge in [0.1, 0.15) is 5.75 Å². The standard InChI is InChI=1S/C15H13NO5/c1-10(17)11-3-6-13(7-4-11)21-14-8-5-12(16(18)19)9-15(14)20-2/h3-9H,1-2H3. The molecule has 0 saturated carbocycles. The molecule has 0 fully saturated rings. The summed E-state index contributed by atoms with van der Waals surface area (Å²) in [6, 6.07) is 10.7. The molecular formula is C15H13NO5. The smallest absolute Gasteiger partial charge is 0.273 e. The van der Waals surface area contributed by atoms with Gasteiger partial charge in [-0.15, -0.1) is 0 Å². The lowest BCUT2D eigenvalue weighted by Gasteiger charge is -2.10. The zero-order valence-electron chi connectivity index (χ0n) is 11.5. The van der Waals surface area contributed by atoms with E-state index >= 15 is 0 Å². The first kappa shape index (κ1) is 14.5. The van der Waals surface area contributed by atoms with Crippen molar-refractivity contribution in [1.29, 1.82) is 0 Å². The first-order chi connectivity index (χ1) is 10.0. The number of carbonyl (C=O) groups excluding carboxylic acids is 1. The van der Waals surface area contributed by atoms with Crippen molar-refractivity contribution < 1.29 is 19.2 Å². The summed E-state index contributed by atoms with van der Waals surface area (Å²) in [6.45, 7) is 1.48. The molecule has 0 spiro atoms.